The molecule has 1 aliphatic rings. The van der Waals surface area contributed by atoms with E-state index in [0.717, 1.165) is 17.9 Å². The first-order valence-corrected chi connectivity index (χ1v) is 6.89. The number of aromatic nitrogens is 1. The second-order valence-corrected chi connectivity index (χ2v) is 5.12. The van der Waals surface area contributed by atoms with Crippen molar-refractivity contribution in [3.8, 4) is 0 Å². The summed E-state index contributed by atoms with van der Waals surface area (Å²) in [5.74, 6) is 0. The van der Waals surface area contributed by atoms with Crippen LogP contribution in [-0.4, -0.2) is 42.6 Å². The molecule has 1 aliphatic heterocycles. The minimum Gasteiger partial charge on any atom is -0.387 e. The molecule has 1 saturated heterocycles. The molecule has 0 saturated carbocycles. The van der Waals surface area contributed by atoms with Crippen LogP contribution < -0.4 is 10.6 Å². The Labute approximate surface area is 110 Å². The molecule has 0 aromatic carbocycles. The maximum atomic E-state index is 4.22. The summed E-state index contributed by atoms with van der Waals surface area (Å²) in [6.07, 6.45) is 7.81. The Kier molecular flexibility index (Phi) is 4.81. The quantitative estimate of drug-likeness (QED) is 0.839. The molecule has 4 nitrogen and oxygen atoms in total. The van der Waals surface area contributed by atoms with Gasteiger partial charge in [0, 0.05) is 19.6 Å². The van der Waals surface area contributed by atoms with Gasteiger partial charge in [0.25, 0.3) is 0 Å². The highest BCUT2D eigenvalue weighted by molar-refractivity contribution is 5.53. The van der Waals surface area contributed by atoms with E-state index in [9.17, 15) is 0 Å². The lowest BCUT2D eigenvalue weighted by molar-refractivity contribution is 0.223. The standard InChI is InChI=1S/C14H24N4/c1-12(11-18-6-4-3-5-7-18)17-14-8-13(15-2)9-16-10-14/h8-10,12,15,17H,3-7,11H2,1-2H3. The van der Waals surface area contributed by atoms with Crippen molar-refractivity contribution in [1.29, 1.82) is 0 Å². The molecule has 0 amide bonds. The lowest BCUT2D eigenvalue weighted by Crippen LogP contribution is -2.38. The van der Waals surface area contributed by atoms with Gasteiger partial charge in [-0.05, 0) is 38.9 Å². The van der Waals surface area contributed by atoms with Gasteiger partial charge in [0.15, 0.2) is 0 Å². The molecule has 0 aliphatic carbocycles. The van der Waals surface area contributed by atoms with Crippen molar-refractivity contribution >= 4 is 11.4 Å². The lowest BCUT2D eigenvalue weighted by atomic mass is 10.1. The number of rotatable bonds is 5. The van der Waals surface area contributed by atoms with Gasteiger partial charge < -0.3 is 15.5 Å². The second kappa shape index (κ2) is 6.59. The average molecular weight is 248 g/mol. The van der Waals surface area contributed by atoms with Crippen LogP contribution in [0.3, 0.4) is 0 Å². The molecule has 1 unspecified atom stereocenters. The van der Waals surface area contributed by atoms with Crippen LogP contribution in [0.4, 0.5) is 11.4 Å². The van der Waals surface area contributed by atoms with E-state index in [-0.39, 0.29) is 0 Å². The summed E-state index contributed by atoms with van der Waals surface area (Å²) in [6, 6.07) is 2.55. The minimum atomic E-state index is 0.456. The van der Waals surface area contributed by atoms with Gasteiger partial charge >= 0.3 is 0 Å². The van der Waals surface area contributed by atoms with Crippen LogP contribution in [-0.2, 0) is 0 Å². The molecule has 100 valence electrons. The fourth-order valence-corrected chi connectivity index (χ4v) is 2.52. The van der Waals surface area contributed by atoms with E-state index in [1.54, 1.807) is 0 Å². The van der Waals surface area contributed by atoms with E-state index >= 15 is 0 Å². The Morgan fingerprint density at radius 3 is 2.67 bits per heavy atom. The Hall–Kier alpha value is -1.29. The fourth-order valence-electron chi connectivity index (χ4n) is 2.52. The Morgan fingerprint density at radius 1 is 1.22 bits per heavy atom. The van der Waals surface area contributed by atoms with Crippen molar-refractivity contribution in [1.82, 2.24) is 9.88 Å². The molecular weight excluding hydrogens is 224 g/mol. The number of hydrogen-bond acceptors (Lipinski definition) is 4. The Bertz CT molecular complexity index is 361. The monoisotopic (exact) mass is 248 g/mol. The first-order chi connectivity index (χ1) is 8.78. The predicted octanol–water partition coefficient (Wildman–Crippen LogP) is 2.41. The number of hydrogen-bond donors (Lipinski definition) is 2. The van der Waals surface area contributed by atoms with E-state index in [0.29, 0.717) is 6.04 Å². The molecule has 2 N–H and O–H groups in total. The maximum absolute atomic E-state index is 4.22. The van der Waals surface area contributed by atoms with Crippen molar-refractivity contribution < 1.29 is 0 Å². The van der Waals surface area contributed by atoms with Crippen molar-refractivity contribution in [2.24, 2.45) is 0 Å². The number of nitrogens with zero attached hydrogens (tertiary/aromatic N) is 2. The third-order valence-corrected chi connectivity index (χ3v) is 3.42. The number of nitrogens with one attached hydrogen (secondary N) is 2. The third-order valence-electron chi connectivity index (χ3n) is 3.42. The third kappa shape index (κ3) is 3.88. The van der Waals surface area contributed by atoms with Gasteiger partial charge in [0.05, 0.1) is 23.8 Å². The van der Waals surface area contributed by atoms with Gasteiger partial charge in [-0.1, -0.05) is 6.42 Å². The molecule has 0 bridgehead atoms. The van der Waals surface area contributed by atoms with Crippen LogP contribution in [0.1, 0.15) is 26.2 Å². The molecule has 2 heterocycles. The van der Waals surface area contributed by atoms with Gasteiger partial charge in [-0.3, -0.25) is 4.98 Å². The van der Waals surface area contributed by atoms with Gasteiger partial charge in [-0.15, -0.1) is 0 Å². The summed E-state index contributed by atoms with van der Waals surface area (Å²) in [6.45, 7) is 5.85. The molecular formula is C14H24N4. The van der Waals surface area contributed by atoms with Crippen LogP contribution in [0, 0.1) is 0 Å². The summed E-state index contributed by atoms with van der Waals surface area (Å²) in [5, 5.41) is 6.63. The molecule has 0 radical (unpaired) electrons. The van der Waals surface area contributed by atoms with E-state index in [2.05, 4.69) is 33.5 Å². The first-order valence-electron chi connectivity index (χ1n) is 6.89. The van der Waals surface area contributed by atoms with Gasteiger partial charge in [0.1, 0.15) is 0 Å². The largest absolute Gasteiger partial charge is 0.387 e. The summed E-state index contributed by atoms with van der Waals surface area (Å²) >= 11 is 0. The molecule has 1 aromatic heterocycles. The lowest BCUT2D eigenvalue weighted by Gasteiger charge is -2.29. The SMILES string of the molecule is CNc1cncc(NC(C)CN2CCCCC2)c1. The number of piperidine rings is 1. The van der Waals surface area contributed by atoms with Crippen LogP contribution in [0.15, 0.2) is 18.5 Å². The van der Waals surface area contributed by atoms with Crippen LogP contribution in [0.25, 0.3) is 0 Å². The predicted molar refractivity (Wildman–Crippen MR) is 77.2 cm³/mol. The molecule has 0 spiro atoms. The van der Waals surface area contributed by atoms with Crippen LogP contribution >= 0.6 is 0 Å². The normalized spacial score (nSPS) is 18.3. The van der Waals surface area contributed by atoms with Crippen molar-refractivity contribution in [2.75, 3.05) is 37.3 Å². The zero-order valence-corrected chi connectivity index (χ0v) is 11.4. The molecule has 1 fully saturated rings. The molecule has 4 heteroatoms. The maximum Gasteiger partial charge on any atom is 0.0549 e. The van der Waals surface area contributed by atoms with Crippen LogP contribution in [0.5, 0.6) is 0 Å². The van der Waals surface area contributed by atoms with Gasteiger partial charge in [0.2, 0.25) is 0 Å². The first kappa shape index (κ1) is 13.1. The topological polar surface area (TPSA) is 40.2 Å². The summed E-state index contributed by atoms with van der Waals surface area (Å²) in [7, 11) is 1.91. The molecule has 2 rings (SSSR count). The van der Waals surface area contributed by atoms with Crippen molar-refractivity contribution in [3.63, 3.8) is 0 Å². The van der Waals surface area contributed by atoms with E-state index in [4.69, 9.17) is 0 Å². The molecule has 1 aromatic rings. The van der Waals surface area contributed by atoms with E-state index in [1.165, 1.54) is 32.4 Å². The molecule has 1 atom stereocenters. The van der Waals surface area contributed by atoms with E-state index < -0.39 is 0 Å². The van der Waals surface area contributed by atoms with Gasteiger partial charge in [-0.2, -0.15) is 0 Å². The smallest absolute Gasteiger partial charge is 0.0549 e. The van der Waals surface area contributed by atoms with Crippen LogP contribution in [0.2, 0.25) is 0 Å². The fraction of sp³-hybridized carbons (Fsp3) is 0.643. The highest BCUT2D eigenvalue weighted by Crippen LogP contribution is 2.14. The zero-order valence-electron chi connectivity index (χ0n) is 11.4. The minimum absolute atomic E-state index is 0.456. The number of anilines is 2. The summed E-state index contributed by atoms with van der Waals surface area (Å²) in [5.41, 5.74) is 2.14. The molecule has 18 heavy (non-hydrogen) atoms. The van der Waals surface area contributed by atoms with Gasteiger partial charge in [-0.25, -0.2) is 0 Å². The highest BCUT2D eigenvalue weighted by Gasteiger charge is 2.13. The van der Waals surface area contributed by atoms with Crippen molar-refractivity contribution in [3.05, 3.63) is 18.5 Å². The summed E-state index contributed by atoms with van der Waals surface area (Å²) in [4.78, 5) is 6.77. The Morgan fingerprint density at radius 2 is 1.94 bits per heavy atom. The Balaban J connectivity index is 1.83. The van der Waals surface area contributed by atoms with Crippen molar-refractivity contribution in [2.45, 2.75) is 32.2 Å². The highest BCUT2D eigenvalue weighted by atomic mass is 15.1. The van der Waals surface area contributed by atoms with E-state index in [1.807, 2.05) is 19.4 Å². The second-order valence-electron chi connectivity index (χ2n) is 5.12. The summed E-state index contributed by atoms with van der Waals surface area (Å²) < 4.78 is 0. The number of pyridine rings is 1. The average Bonchev–Trinajstić information content (AvgIpc) is 2.40. The number of likely N-dealkylation sites (tertiary alicyclic amines) is 1. The zero-order chi connectivity index (χ0) is 12.8.